The Hall–Kier alpha value is -1.78. The molecule has 2 N–H and O–H groups in total. The Kier molecular flexibility index (Phi) is 2.47. The minimum Gasteiger partial charge on any atom is -0.493 e. The summed E-state index contributed by atoms with van der Waals surface area (Å²) >= 11 is 0. The lowest BCUT2D eigenvalue weighted by atomic mass is 10.4. The third-order valence-corrected chi connectivity index (χ3v) is 1.25. The van der Waals surface area contributed by atoms with Gasteiger partial charge in [0, 0.05) is 6.20 Å². The van der Waals surface area contributed by atoms with Crippen LogP contribution in [-0.4, -0.2) is 23.3 Å². The Bertz CT molecular complexity index is 288. The predicted octanol–water partition coefficient (Wildman–Crippen LogP) is 1.18. The molecular weight excluding hydrogens is 160 g/mol. The minimum absolute atomic E-state index is 0.389. The van der Waals surface area contributed by atoms with Crippen molar-refractivity contribution in [2.75, 3.05) is 12.4 Å². The average Bonchev–Trinajstić information content (AvgIpc) is 2.04. The number of rotatable bonds is 2. The van der Waals surface area contributed by atoms with Crippen LogP contribution in [0.1, 0.15) is 0 Å². The second kappa shape index (κ2) is 3.56. The van der Waals surface area contributed by atoms with E-state index < -0.39 is 6.09 Å². The second-order valence-corrected chi connectivity index (χ2v) is 2.01. The zero-order valence-corrected chi connectivity index (χ0v) is 6.44. The first-order valence-corrected chi connectivity index (χ1v) is 3.22. The van der Waals surface area contributed by atoms with E-state index in [2.05, 4.69) is 10.3 Å². The van der Waals surface area contributed by atoms with Crippen molar-refractivity contribution in [2.45, 2.75) is 0 Å². The zero-order chi connectivity index (χ0) is 8.97. The Morgan fingerprint density at radius 3 is 3.08 bits per heavy atom. The highest BCUT2D eigenvalue weighted by Gasteiger charge is 2.03. The first-order valence-electron chi connectivity index (χ1n) is 3.22. The molecule has 0 saturated carbocycles. The van der Waals surface area contributed by atoms with Crippen molar-refractivity contribution in [3.8, 4) is 5.75 Å². The lowest BCUT2D eigenvalue weighted by Crippen LogP contribution is -2.08. The summed E-state index contributed by atoms with van der Waals surface area (Å²) in [5, 5.41) is 10.6. The van der Waals surface area contributed by atoms with Gasteiger partial charge in [-0.05, 0) is 6.07 Å². The molecule has 0 saturated heterocycles. The number of ether oxygens (including phenoxy) is 1. The van der Waals surface area contributed by atoms with Gasteiger partial charge in [0.2, 0.25) is 0 Å². The first kappa shape index (κ1) is 8.32. The van der Waals surface area contributed by atoms with Gasteiger partial charge in [-0.3, -0.25) is 10.3 Å². The number of nitrogens with zero attached hydrogens (tertiary/aromatic N) is 1. The number of carbonyl (C=O) groups is 1. The molecule has 1 aromatic heterocycles. The van der Waals surface area contributed by atoms with Crippen molar-refractivity contribution in [1.82, 2.24) is 4.98 Å². The summed E-state index contributed by atoms with van der Waals surface area (Å²) in [6, 6.07) is 1.52. The van der Waals surface area contributed by atoms with E-state index in [1.54, 1.807) is 0 Å². The summed E-state index contributed by atoms with van der Waals surface area (Å²) in [5.74, 6) is 0.403. The molecule has 5 heteroatoms. The van der Waals surface area contributed by atoms with Crippen LogP contribution in [0.15, 0.2) is 18.5 Å². The first-order chi connectivity index (χ1) is 5.74. The van der Waals surface area contributed by atoms with Crippen LogP contribution in [-0.2, 0) is 0 Å². The predicted molar refractivity (Wildman–Crippen MR) is 42.4 cm³/mol. The molecule has 1 heterocycles. The summed E-state index contributed by atoms with van der Waals surface area (Å²) in [7, 11) is 1.45. The van der Waals surface area contributed by atoms with Gasteiger partial charge >= 0.3 is 6.09 Å². The monoisotopic (exact) mass is 168 g/mol. The molecule has 64 valence electrons. The Labute approximate surface area is 69.0 Å². The van der Waals surface area contributed by atoms with E-state index in [-0.39, 0.29) is 0 Å². The van der Waals surface area contributed by atoms with E-state index >= 15 is 0 Å². The zero-order valence-electron chi connectivity index (χ0n) is 6.44. The number of hydrogen-bond donors (Lipinski definition) is 2. The Morgan fingerprint density at radius 1 is 1.75 bits per heavy atom. The standard InChI is InChI=1S/C7H8N2O3/c1-12-6-4-8-3-2-5(6)9-7(10)11/h2-4H,1H3,(H,8,9)(H,10,11). The Balaban J connectivity index is 2.89. The maximum absolute atomic E-state index is 10.2. The number of anilines is 1. The molecule has 1 aromatic rings. The summed E-state index contributed by atoms with van der Waals surface area (Å²) in [4.78, 5) is 14.0. The van der Waals surface area contributed by atoms with Crippen LogP contribution < -0.4 is 10.1 Å². The number of methoxy groups -OCH3 is 1. The normalized spacial score (nSPS) is 9.08. The van der Waals surface area contributed by atoms with Crippen LogP contribution in [0.25, 0.3) is 0 Å². The van der Waals surface area contributed by atoms with Crippen LogP contribution in [0.2, 0.25) is 0 Å². The Morgan fingerprint density at radius 2 is 2.50 bits per heavy atom. The van der Waals surface area contributed by atoms with Crippen LogP contribution in [0, 0.1) is 0 Å². The largest absolute Gasteiger partial charge is 0.493 e. The molecule has 0 radical (unpaired) electrons. The maximum atomic E-state index is 10.2. The van der Waals surface area contributed by atoms with Gasteiger partial charge in [0.1, 0.15) is 0 Å². The molecule has 0 atom stereocenters. The maximum Gasteiger partial charge on any atom is 0.409 e. The fourth-order valence-electron chi connectivity index (χ4n) is 0.761. The van der Waals surface area contributed by atoms with Crippen LogP contribution in [0.4, 0.5) is 10.5 Å². The average molecular weight is 168 g/mol. The van der Waals surface area contributed by atoms with Crippen molar-refractivity contribution in [1.29, 1.82) is 0 Å². The minimum atomic E-state index is -1.13. The number of nitrogens with one attached hydrogen (secondary N) is 1. The van der Waals surface area contributed by atoms with E-state index in [9.17, 15) is 4.79 Å². The highest BCUT2D eigenvalue weighted by Crippen LogP contribution is 2.21. The lowest BCUT2D eigenvalue weighted by Gasteiger charge is -2.05. The second-order valence-electron chi connectivity index (χ2n) is 2.01. The van der Waals surface area contributed by atoms with Gasteiger partial charge in [-0.15, -0.1) is 0 Å². The number of hydrogen-bond acceptors (Lipinski definition) is 3. The molecule has 0 aliphatic rings. The van der Waals surface area contributed by atoms with Gasteiger partial charge in [-0.1, -0.05) is 0 Å². The molecule has 0 unspecified atom stereocenters. The van der Waals surface area contributed by atoms with Crippen LogP contribution in [0.3, 0.4) is 0 Å². The molecule has 5 nitrogen and oxygen atoms in total. The SMILES string of the molecule is COc1cnccc1NC(=O)O. The highest BCUT2D eigenvalue weighted by molar-refractivity contribution is 5.84. The highest BCUT2D eigenvalue weighted by atomic mass is 16.5. The molecule has 0 aliphatic carbocycles. The van der Waals surface area contributed by atoms with Gasteiger partial charge in [0.05, 0.1) is 19.0 Å². The van der Waals surface area contributed by atoms with E-state index in [1.165, 1.54) is 25.6 Å². The molecule has 1 rings (SSSR count). The molecule has 0 fully saturated rings. The fourth-order valence-corrected chi connectivity index (χ4v) is 0.761. The molecule has 0 aromatic carbocycles. The van der Waals surface area contributed by atoms with Crippen molar-refractivity contribution in [2.24, 2.45) is 0 Å². The van der Waals surface area contributed by atoms with E-state index in [0.717, 1.165) is 0 Å². The summed E-state index contributed by atoms with van der Waals surface area (Å²) < 4.78 is 4.86. The summed E-state index contributed by atoms with van der Waals surface area (Å²) in [6.07, 6.45) is 1.79. The number of carboxylic acid groups (broad SMARTS) is 1. The van der Waals surface area contributed by atoms with Crippen molar-refractivity contribution in [3.05, 3.63) is 18.5 Å². The molecule has 1 amide bonds. The van der Waals surface area contributed by atoms with Crippen LogP contribution in [0.5, 0.6) is 5.75 Å². The van der Waals surface area contributed by atoms with Crippen molar-refractivity contribution >= 4 is 11.8 Å². The van der Waals surface area contributed by atoms with Crippen molar-refractivity contribution < 1.29 is 14.6 Å². The van der Waals surface area contributed by atoms with Crippen molar-refractivity contribution in [3.63, 3.8) is 0 Å². The number of aromatic nitrogens is 1. The summed E-state index contributed by atoms with van der Waals surface area (Å²) in [6.45, 7) is 0. The third kappa shape index (κ3) is 1.85. The number of amides is 1. The molecule has 0 aliphatic heterocycles. The van der Waals surface area contributed by atoms with E-state index in [4.69, 9.17) is 9.84 Å². The molecule has 0 bridgehead atoms. The lowest BCUT2D eigenvalue weighted by molar-refractivity contribution is 0.209. The third-order valence-electron chi connectivity index (χ3n) is 1.25. The topological polar surface area (TPSA) is 71.5 Å². The number of pyridine rings is 1. The van der Waals surface area contributed by atoms with Gasteiger partial charge in [-0.25, -0.2) is 4.79 Å². The molecule has 0 spiro atoms. The van der Waals surface area contributed by atoms with E-state index in [0.29, 0.717) is 11.4 Å². The van der Waals surface area contributed by atoms with Crippen LogP contribution >= 0.6 is 0 Å². The van der Waals surface area contributed by atoms with Gasteiger partial charge in [-0.2, -0.15) is 0 Å². The fraction of sp³-hybridized carbons (Fsp3) is 0.143. The quantitative estimate of drug-likeness (QED) is 0.695. The van der Waals surface area contributed by atoms with Gasteiger partial charge < -0.3 is 9.84 Å². The smallest absolute Gasteiger partial charge is 0.409 e. The summed E-state index contributed by atoms with van der Waals surface area (Å²) in [5.41, 5.74) is 0.389. The molecule has 12 heavy (non-hydrogen) atoms. The molecular formula is C7H8N2O3. The van der Waals surface area contributed by atoms with Gasteiger partial charge in [0.25, 0.3) is 0 Å². The van der Waals surface area contributed by atoms with Gasteiger partial charge in [0.15, 0.2) is 5.75 Å². The van der Waals surface area contributed by atoms with E-state index in [1.807, 2.05) is 0 Å².